The van der Waals surface area contributed by atoms with Crippen molar-refractivity contribution in [3.05, 3.63) is 151 Å². The van der Waals surface area contributed by atoms with E-state index in [0.717, 1.165) is 45.8 Å². The molecule has 7 aromatic carbocycles. The third kappa shape index (κ3) is 3.75. The summed E-state index contributed by atoms with van der Waals surface area (Å²) in [7, 11) is 0. The summed E-state index contributed by atoms with van der Waals surface area (Å²) in [6.07, 6.45) is 6.07. The number of nitrogens with zero attached hydrogens (tertiary/aromatic N) is 3. The molecule has 4 heteroatoms. The Labute approximate surface area is 304 Å². The Morgan fingerprint density at radius 1 is 0.596 bits per heavy atom. The Morgan fingerprint density at radius 2 is 1.31 bits per heavy atom. The number of fused-ring (bicyclic) bond motifs is 16. The monoisotopic (exact) mass is 683 g/mol. The van der Waals surface area contributed by atoms with Crippen LogP contribution in [0.1, 0.15) is 43.2 Å². The van der Waals surface area contributed by atoms with Gasteiger partial charge in [0.25, 0.3) is 0 Å². The Bertz CT molecular complexity index is 3120. The van der Waals surface area contributed by atoms with Gasteiger partial charge in [-0.15, -0.1) is 11.3 Å². The van der Waals surface area contributed by atoms with Crippen molar-refractivity contribution in [3.8, 4) is 28.3 Å². The summed E-state index contributed by atoms with van der Waals surface area (Å²) >= 11 is 1.80. The highest BCUT2D eigenvalue weighted by Gasteiger charge is 2.47. The van der Waals surface area contributed by atoms with E-state index in [1.165, 1.54) is 89.4 Å². The highest BCUT2D eigenvalue weighted by Crippen LogP contribution is 2.61. The first-order valence-electron chi connectivity index (χ1n) is 18.6. The van der Waals surface area contributed by atoms with Crippen LogP contribution in [0, 0.1) is 0 Å². The van der Waals surface area contributed by atoms with Gasteiger partial charge in [-0.2, -0.15) is 0 Å². The van der Waals surface area contributed by atoms with Gasteiger partial charge < -0.3 is 0 Å². The smallest absolute Gasteiger partial charge is 0.235 e. The second-order valence-corrected chi connectivity index (χ2v) is 15.8. The van der Waals surface area contributed by atoms with Crippen molar-refractivity contribution in [2.75, 3.05) is 0 Å². The number of hydrogen-bond acceptors (Lipinski definition) is 3. The zero-order chi connectivity index (χ0) is 34.0. The average Bonchev–Trinajstić information content (AvgIpc) is 3.84. The molecule has 0 unspecified atom stereocenters. The van der Waals surface area contributed by atoms with E-state index in [1.807, 2.05) is 0 Å². The van der Waals surface area contributed by atoms with Crippen LogP contribution in [-0.2, 0) is 5.41 Å². The molecule has 0 saturated heterocycles. The van der Waals surface area contributed by atoms with E-state index in [2.05, 4.69) is 144 Å². The minimum absolute atomic E-state index is 0.0566. The minimum atomic E-state index is -0.0566. The first kappa shape index (κ1) is 28.8. The molecular formula is C48H33N3S. The molecule has 0 N–H and O–H groups in total. The fraction of sp³-hybridized carbons (Fsp3) is 0.125. The van der Waals surface area contributed by atoms with Gasteiger partial charge in [-0.3, -0.25) is 4.57 Å². The molecule has 1 saturated carbocycles. The topological polar surface area (TPSA) is 30.7 Å². The predicted octanol–water partition coefficient (Wildman–Crippen LogP) is 13.1. The van der Waals surface area contributed by atoms with E-state index in [4.69, 9.17) is 9.97 Å². The number of para-hydroxylation sites is 1. The molecule has 12 rings (SSSR count). The van der Waals surface area contributed by atoms with Gasteiger partial charge in [0.2, 0.25) is 5.95 Å². The van der Waals surface area contributed by atoms with E-state index in [0.29, 0.717) is 0 Å². The van der Waals surface area contributed by atoms with E-state index in [-0.39, 0.29) is 5.41 Å². The first-order valence-corrected chi connectivity index (χ1v) is 19.4. The molecule has 52 heavy (non-hydrogen) atoms. The molecule has 1 fully saturated rings. The van der Waals surface area contributed by atoms with E-state index < -0.39 is 0 Å². The molecule has 0 aliphatic heterocycles. The summed E-state index contributed by atoms with van der Waals surface area (Å²) in [6, 6.07) is 51.4. The summed E-state index contributed by atoms with van der Waals surface area (Å²) in [5, 5.41) is 8.84. The Morgan fingerprint density at radius 3 is 2.19 bits per heavy atom. The van der Waals surface area contributed by atoms with Crippen molar-refractivity contribution in [1.82, 2.24) is 14.5 Å². The van der Waals surface area contributed by atoms with Gasteiger partial charge in [0.15, 0.2) is 0 Å². The molecule has 0 bridgehead atoms. The second kappa shape index (κ2) is 10.6. The van der Waals surface area contributed by atoms with Gasteiger partial charge in [0.05, 0.1) is 26.9 Å². The number of rotatable bonds is 2. The lowest BCUT2D eigenvalue weighted by Gasteiger charge is -2.36. The van der Waals surface area contributed by atoms with Crippen LogP contribution in [0.3, 0.4) is 0 Å². The average molecular weight is 684 g/mol. The maximum Gasteiger partial charge on any atom is 0.235 e. The summed E-state index contributed by atoms with van der Waals surface area (Å²) in [4.78, 5) is 11.3. The molecule has 2 aliphatic rings. The van der Waals surface area contributed by atoms with Crippen LogP contribution in [0.4, 0.5) is 0 Å². The first-order chi connectivity index (χ1) is 25.8. The normalized spacial score (nSPS) is 15.1. The number of aromatic nitrogens is 3. The van der Waals surface area contributed by atoms with Crippen LogP contribution in [-0.4, -0.2) is 14.5 Å². The van der Waals surface area contributed by atoms with Crippen LogP contribution in [0.5, 0.6) is 0 Å². The standard InChI is InChI=1S/C48H33N3S/c1-12-26-48(27-13-1)37-21-9-6-18-34(37)40-32-16-4-5-17-33(32)41-35-19-7-10-22-38(35)51(45(41)42(40)48)47-49-43(31-25-24-29-14-2-3-15-30(29)28-31)46-44(50-47)36-20-8-11-23-39(36)52-46/h2-11,14-25,28H,1,12-13,26-27H2. The minimum Gasteiger partial charge on any atom is -0.278 e. The fourth-order valence-electron chi connectivity index (χ4n) is 10.0. The van der Waals surface area contributed by atoms with Crippen molar-refractivity contribution in [3.63, 3.8) is 0 Å². The van der Waals surface area contributed by atoms with Crippen LogP contribution in [0.25, 0.3) is 92.0 Å². The van der Waals surface area contributed by atoms with Crippen molar-refractivity contribution in [1.29, 1.82) is 0 Å². The van der Waals surface area contributed by atoms with Crippen molar-refractivity contribution < 1.29 is 0 Å². The SMILES string of the molecule is c1ccc2c(c1)-c1c(c3c(c4ccccc14)c1ccccc1n3-c1nc(-c3ccc4ccccc4c3)c3sc4ccccc4c3n1)C21CCCCC1. The molecule has 1 spiro atoms. The van der Waals surface area contributed by atoms with Crippen molar-refractivity contribution in [2.45, 2.75) is 37.5 Å². The van der Waals surface area contributed by atoms with E-state index >= 15 is 0 Å². The van der Waals surface area contributed by atoms with Crippen LogP contribution >= 0.6 is 11.3 Å². The maximum absolute atomic E-state index is 5.67. The number of thiophene rings is 1. The number of hydrogen-bond donors (Lipinski definition) is 0. The van der Waals surface area contributed by atoms with E-state index in [1.54, 1.807) is 11.3 Å². The van der Waals surface area contributed by atoms with Crippen LogP contribution in [0.2, 0.25) is 0 Å². The molecular weight excluding hydrogens is 651 g/mol. The fourth-order valence-corrected chi connectivity index (χ4v) is 11.2. The molecule has 246 valence electrons. The maximum atomic E-state index is 5.67. The molecule has 2 aliphatic carbocycles. The molecule has 0 atom stereocenters. The molecule has 3 aromatic heterocycles. The predicted molar refractivity (Wildman–Crippen MR) is 219 cm³/mol. The quantitative estimate of drug-likeness (QED) is 0.182. The van der Waals surface area contributed by atoms with Crippen LogP contribution in [0.15, 0.2) is 140 Å². The Balaban J connectivity index is 1.29. The van der Waals surface area contributed by atoms with E-state index in [9.17, 15) is 0 Å². The zero-order valence-electron chi connectivity index (χ0n) is 28.6. The molecule has 0 radical (unpaired) electrons. The molecule has 3 heterocycles. The van der Waals surface area contributed by atoms with Gasteiger partial charge in [0, 0.05) is 31.8 Å². The number of benzene rings is 7. The summed E-state index contributed by atoms with van der Waals surface area (Å²) in [6.45, 7) is 0. The molecule has 10 aromatic rings. The highest BCUT2D eigenvalue weighted by molar-refractivity contribution is 7.26. The van der Waals surface area contributed by atoms with Gasteiger partial charge in [-0.05, 0) is 74.8 Å². The lowest BCUT2D eigenvalue weighted by molar-refractivity contribution is 0.354. The zero-order valence-corrected chi connectivity index (χ0v) is 29.4. The third-order valence-corrected chi connectivity index (χ3v) is 13.3. The van der Waals surface area contributed by atoms with Crippen LogP contribution < -0.4 is 0 Å². The highest BCUT2D eigenvalue weighted by atomic mass is 32.1. The lowest BCUT2D eigenvalue weighted by Crippen LogP contribution is -2.28. The summed E-state index contributed by atoms with van der Waals surface area (Å²) in [5.74, 6) is 0.741. The molecule has 3 nitrogen and oxygen atoms in total. The summed E-state index contributed by atoms with van der Waals surface area (Å²) < 4.78 is 4.82. The Hall–Kier alpha value is -5.84. The lowest BCUT2D eigenvalue weighted by atomic mass is 9.67. The largest absolute Gasteiger partial charge is 0.278 e. The summed E-state index contributed by atoms with van der Waals surface area (Å²) in [5.41, 5.74) is 11.3. The second-order valence-electron chi connectivity index (χ2n) is 14.8. The van der Waals surface area contributed by atoms with Crippen molar-refractivity contribution >= 4 is 75.0 Å². The van der Waals surface area contributed by atoms with Gasteiger partial charge in [0.1, 0.15) is 0 Å². The Kier molecular flexibility index (Phi) is 5.87. The van der Waals surface area contributed by atoms with Gasteiger partial charge >= 0.3 is 0 Å². The molecule has 0 amide bonds. The van der Waals surface area contributed by atoms with Gasteiger partial charge in [-0.1, -0.05) is 141 Å². The van der Waals surface area contributed by atoms with Gasteiger partial charge in [-0.25, -0.2) is 9.97 Å². The van der Waals surface area contributed by atoms with Crippen molar-refractivity contribution in [2.24, 2.45) is 0 Å². The third-order valence-electron chi connectivity index (χ3n) is 12.2.